The van der Waals surface area contributed by atoms with E-state index in [1.165, 1.54) is 6.07 Å². The molecule has 0 bridgehead atoms. The highest BCUT2D eigenvalue weighted by atomic mass is 19.1. The van der Waals surface area contributed by atoms with Crippen LogP contribution in [0.15, 0.2) is 18.2 Å². The zero-order valence-corrected chi connectivity index (χ0v) is 10.5. The summed E-state index contributed by atoms with van der Waals surface area (Å²) < 4.78 is 13.5. The maximum atomic E-state index is 13.5. The van der Waals surface area contributed by atoms with Crippen molar-refractivity contribution in [1.29, 1.82) is 0 Å². The average Bonchev–Trinajstić information content (AvgIpc) is 2.24. The third kappa shape index (κ3) is 3.84. The molecule has 0 radical (unpaired) electrons. The van der Waals surface area contributed by atoms with Crippen LogP contribution in [0, 0.1) is 12.7 Å². The molecule has 90 valence electrons. The standard InChI is InChI=1S/C14H22FN/c1-4-6-12(7-5-2)16-14-10-11(3)8-9-13(14)15/h8-10,12,16H,4-7H2,1-3H3. The highest BCUT2D eigenvalue weighted by Crippen LogP contribution is 2.19. The first-order valence-corrected chi connectivity index (χ1v) is 6.20. The van der Waals surface area contributed by atoms with E-state index in [1.807, 2.05) is 13.0 Å². The van der Waals surface area contributed by atoms with E-state index in [1.54, 1.807) is 6.07 Å². The van der Waals surface area contributed by atoms with Gasteiger partial charge in [-0.05, 0) is 37.5 Å². The van der Waals surface area contributed by atoms with Gasteiger partial charge >= 0.3 is 0 Å². The van der Waals surface area contributed by atoms with Crippen LogP contribution >= 0.6 is 0 Å². The minimum atomic E-state index is -0.150. The lowest BCUT2D eigenvalue weighted by atomic mass is 10.1. The average molecular weight is 223 g/mol. The summed E-state index contributed by atoms with van der Waals surface area (Å²) in [4.78, 5) is 0. The molecule has 0 saturated carbocycles. The molecule has 0 aromatic heterocycles. The van der Waals surface area contributed by atoms with Gasteiger partial charge in [-0.2, -0.15) is 0 Å². The van der Waals surface area contributed by atoms with Gasteiger partial charge in [0.2, 0.25) is 0 Å². The van der Waals surface area contributed by atoms with Crippen LogP contribution in [0.1, 0.15) is 45.1 Å². The van der Waals surface area contributed by atoms with Crippen LogP contribution < -0.4 is 5.32 Å². The van der Waals surface area contributed by atoms with E-state index in [0.29, 0.717) is 11.7 Å². The van der Waals surface area contributed by atoms with E-state index >= 15 is 0 Å². The predicted molar refractivity (Wildman–Crippen MR) is 68.4 cm³/mol. The number of aryl methyl sites for hydroxylation is 1. The van der Waals surface area contributed by atoms with Gasteiger partial charge in [0.25, 0.3) is 0 Å². The van der Waals surface area contributed by atoms with E-state index in [4.69, 9.17) is 0 Å². The molecule has 0 fully saturated rings. The maximum Gasteiger partial charge on any atom is 0.146 e. The van der Waals surface area contributed by atoms with E-state index in [2.05, 4.69) is 19.2 Å². The third-order valence-corrected chi connectivity index (χ3v) is 2.76. The van der Waals surface area contributed by atoms with Gasteiger partial charge in [-0.3, -0.25) is 0 Å². The number of halogens is 1. The maximum absolute atomic E-state index is 13.5. The quantitative estimate of drug-likeness (QED) is 0.748. The molecule has 0 unspecified atom stereocenters. The first kappa shape index (κ1) is 13.0. The summed E-state index contributed by atoms with van der Waals surface area (Å²) in [6.45, 7) is 6.31. The second kappa shape index (κ2) is 6.51. The van der Waals surface area contributed by atoms with E-state index < -0.39 is 0 Å². The van der Waals surface area contributed by atoms with Crippen LogP contribution in [0.25, 0.3) is 0 Å². The van der Waals surface area contributed by atoms with Gasteiger partial charge in [0, 0.05) is 6.04 Å². The zero-order chi connectivity index (χ0) is 12.0. The second-order valence-corrected chi connectivity index (χ2v) is 4.40. The Balaban J connectivity index is 2.71. The highest BCUT2D eigenvalue weighted by Gasteiger charge is 2.09. The lowest BCUT2D eigenvalue weighted by molar-refractivity contribution is 0.574. The molecule has 0 saturated heterocycles. The molecule has 0 amide bonds. The Hall–Kier alpha value is -1.05. The topological polar surface area (TPSA) is 12.0 Å². The Morgan fingerprint density at radius 2 is 1.81 bits per heavy atom. The minimum absolute atomic E-state index is 0.150. The smallest absolute Gasteiger partial charge is 0.146 e. The van der Waals surface area contributed by atoms with Crippen LogP contribution in [-0.2, 0) is 0 Å². The summed E-state index contributed by atoms with van der Waals surface area (Å²) in [5.41, 5.74) is 1.74. The predicted octanol–water partition coefficient (Wildman–Crippen LogP) is 4.51. The number of benzene rings is 1. The van der Waals surface area contributed by atoms with Gasteiger partial charge in [0.15, 0.2) is 0 Å². The molecule has 0 aliphatic rings. The lowest BCUT2D eigenvalue weighted by Gasteiger charge is -2.19. The van der Waals surface area contributed by atoms with Crippen LogP contribution in [0.5, 0.6) is 0 Å². The van der Waals surface area contributed by atoms with Crippen molar-refractivity contribution in [3.63, 3.8) is 0 Å². The van der Waals surface area contributed by atoms with E-state index in [-0.39, 0.29) is 5.82 Å². The Morgan fingerprint density at radius 3 is 2.38 bits per heavy atom. The molecule has 1 rings (SSSR count). The molecule has 0 aliphatic heterocycles. The normalized spacial score (nSPS) is 10.8. The SMILES string of the molecule is CCCC(CCC)Nc1cc(C)ccc1F. The summed E-state index contributed by atoms with van der Waals surface area (Å²) in [6, 6.07) is 5.61. The molecule has 0 atom stereocenters. The third-order valence-electron chi connectivity index (χ3n) is 2.76. The molecule has 16 heavy (non-hydrogen) atoms. The van der Waals surface area contributed by atoms with E-state index in [9.17, 15) is 4.39 Å². The molecule has 0 heterocycles. The van der Waals surface area contributed by atoms with Crippen molar-refractivity contribution in [3.05, 3.63) is 29.6 Å². The van der Waals surface area contributed by atoms with Crippen LogP contribution in [0.3, 0.4) is 0 Å². The van der Waals surface area contributed by atoms with Crippen molar-refractivity contribution in [3.8, 4) is 0 Å². The summed E-state index contributed by atoms with van der Waals surface area (Å²) >= 11 is 0. The van der Waals surface area contributed by atoms with Crippen LogP contribution in [0.2, 0.25) is 0 Å². The van der Waals surface area contributed by atoms with Gasteiger partial charge in [0.1, 0.15) is 5.82 Å². The van der Waals surface area contributed by atoms with Gasteiger partial charge in [-0.25, -0.2) is 4.39 Å². The van der Waals surface area contributed by atoms with Crippen LogP contribution in [0.4, 0.5) is 10.1 Å². The second-order valence-electron chi connectivity index (χ2n) is 4.40. The van der Waals surface area contributed by atoms with Crippen molar-refractivity contribution in [2.75, 3.05) is 5.32 Å². The summed E-state index contributed by atoms with van der Waals surface area (Å²) in [5, 5.41) is 3.31. The molecule has 1 nitrogen and oxygen atoms in total. The van der Waals surface area contributed by atoms with Gasteiger partial charge in [0.05, 0.1) is 5.69 Å². The van der Waals surface area contributed by atoms with Crippen molar-refractivity contribution >= 4 is 5.69 Å². The molecule has 0 spiro atoms. The van der Waals surface area contributed by atoms with E-state index in [0.717, 1.165) is 31.2 Å². The molecular weight excluding hydrogens is 201 g/mol. The number of anilines is 1. The van der Waals surface area contributed by atoms with Crippen molar-refractivity contribution in [2.45, 2.75) is 52.5 Å². The summed E-state index contributed by atoms with van der Waals surface area (Å²) in [6.07, 6.45) is 4.46. The zero-order valence-electron chi connectivity index (χ0n) is 10.5. The Morgan fingerprint density at radius 1 is 1.19 bits per heavy atom. The summed E-state index contributed by atoms with van der Waals surface area (Å²) in [7, 11) is 0. The Kier molecular flexibility index (Phi) is 5.30. The molecule has 1 aromatic carbocycles. The Bertz CT molecular complexity index is 317. The molecular formula is C14H22FN. The monoisotopic (exact) mass is 223 g/mol. The fraction of sp³-hybridized carbons (Fsp3) is 0.571. The van der Waals surface area contributed by atoms with Gasteiger partial charge in [-0.15, -0.1) is 0 Å². The first-order chi connectivity index (χ1) is 7.67. The molecule has 0 aliphatic carbocycles. The van der Waals surface area contributed by atoms with Crippen molar-refractivity contribution in [2.24, 2.45) is 0 Å². The van der Waals surface area contributed by atoms with Gasteiger partial charge < -0.3 is 5.32 Å². The first-order valence-electron chi connectivity index (χ1n) is 6.20. The molecule has 2 heteroatoms. The number of nitrogens with one attached hydrogen (secondary N) is 1. The minimum Gasteiger partial charge on any atom is -0.380 e. The molecule has 1 N–H and O–H groups in total. The number of hydrogen-bond donors (Lipinski definition) is 1. The van der Waals surface area contributed by atoms with Gasteiger partial charge in [-0.1, -0.05) is 32.8 Å². The largest absolute Gasteiger partial charge is 0.380 e. The van der Waals surface area contributed by atoms with Crippen molar-refractivity contribution < 1.29 is 4.39 Å². The fourth-order valence-electron chi connectivity index (χ4n) is 1.96. The summed E-state index contributed by atoms with van der Waals surface area (Å²) in [5.74, 6) is -0.150. The molecule has 1 aromatic rings. The van der Waals surface area contributed by atoms with Crippen molar-refractivity contribution in [1.82, 2.24) is 0 Å². The number of hydrogen-bond acceptors (Lipinski definition) is 1. The highest BCUT2D eigenvalue weighted by molar-refractivity contribution is 5.47. The number of rotatable bonds is 6. The lowest BCUT2D eigenvalue weighted by Crippen LogP contribution is -2.19. The Labute approximate surface area is 98.1 Å². The fourth-order valence-corrected chi connectivity index (χ4v) is 1.96. The van der Waals surface area contributed by atoms with Crippen LogP contribution in [-0.4, -0.2) is 6.04 Å².